The molecule has 0 saturated carbocycles. The van der Waals surface area contributed by atoms with Crippen LogP contribution in [0.5, 0.6) is 0 Å². The van der Waals surface area contributed by atoms with Crippen LogP contribution in [0.1, 0.15) is 15.2 Å². The summed E-state index contributed by atoms with van der Waals surface area (Å²) in [6.45, 7) is 0.258. The van der Waals surface area contributed by atoms with Gasteiger partial charge in [0.2, 0.25) is 10.0 Å². The topological polar surface area (TPSA) is 106 Å². The van der Waals surface area contributed by atoms with E-state index in [4.69, 9.17) is 0 Å². The van der Waals surface area contributed by atoms with E-state index >= 15 is 0 Å². The fourth-order valence-electron chi connectivity index (χ4n) is 2.07. The van der Waals surface area contributed by atoms with Gasteiger partial charge in [-0.15, -0.1) is 11.3 Å². The Balaban J connectivity index is 1.63. The molecule has 0 spiro atoms. The van der Waals surface area contributed by atoms with Crippen LogP contribution in [0, 0.1) is 0 Å². The van der Waals surface area contributed by atoms with Gasteiger partial charge in [-0.1, -0.05) is 0 Å². The molecule has 0 fully saturated rings. The number of carbonyl (C=O) groups excluding carboxylic acids is 1. The average molecular weight is 377 g/mol. The van der Waals surface area contributed by atoms with Crippen molar-refractivity contribution >= 4 is 27.3 Å². The number of benzene rings is 1. The summed E-state index contributed by atoms with van der Waals surface area (Å²) in [4.78, 5) is 16.8. The van der Waals surface area contributed by atoms with Crippen LogP contribution in [-0.2, 0) is 16.6 Å². The van der Waals surface area contributed by atoms with Gasteiger partial charge in [-0.25, -0.2) is 22.8 Å². The fourth-order valence-corrected chi connectivity index (χ4v) is 4.21. The zero-order valence-electron chi connectivity index (χ0n) is 13.2. The van der Waals surface area contributed by atoms with Crippen molar-refractivity contribution in [3.63, 3.8) is 0 Å². The van der Waals surface area contributed by atoms with Gasteiger partial charge in [0.15, 0.2) is 0 Å². The molecule has 10 heteroatoms. The first kappa shape index (κ1) is 17.3. The molecule has 0 unspecified atom stereocenters. The molecule has 0 aliphatic heterocycles. The summed E-state index contributed by atoms with van der Waals surface area (Å²) in [5.74, 6) is -0.239. The fraction of sp³-hybridized carbons (Fsp3) is 0.133. The number of rotatable bonds is 6. The zero-order chi connectivity index (χ0) is 17.9. The molecular weight excluding hydrogens is 362 g/mol. The van der Waals surface area contributed by atoms with Crippen LogP contribution in [0.4, 0.5) is 0 Å². The third kappa shape index (κ3) is 3.92. The Labute approximate surface area is 148 Å². The minimum Gasteiger partial charge on any atom is -0.347 e. The highest BCUT2D eigenvalue weighted by Gasteiger charge is 2.14. The summed E-state index contributed by atoms with van der Waals surface area (Å²) in [6.07, 6.45) is 3.01. The summed E-state index contributed by atoms with van der Waals surface area (Å²) in [5, 5.41) is 6.79. The van der Waals surface area contributed by atoms with Gasteiger partial charge in [0, 0.05) is 10.4 Å². The number of hydrogen-bond donors (Lipinski definition) is 2. The van der Waals surface area contributed by atoms with E-state index in [1.807, 2.05) is 0 Å². The lowest BCUT2D eigenvalue weighted by atomic mass is 10.2. The van der Waals surface area contributed by atoms with Crippen molar-refractivity contribution in [2.24, 2.45) is 0 Å². The van der Waals surface area contributed by atoms with Crippen LogP contribution in [0.25, 0.3) is 5.69 Å². The molecule has 2 aromatic heterocycles. The van der Waals surface area contributed by atoms with Crippen molar-refractivity contribution in [2.45, 2.75) is 10.8 Å². The smallest absolute Gasteiger partial charge is 0.251 e. The predicted octanol–water partition coefficient (Wildman–Crippen LogP) is 1.17. The van der Waals surface area contributed by atoms with Gasteiger partial charge in [-0.3, -0.25) is 4.79 Å². The van der Waals surface area contributed by atoms with Crippen molar-refractivity contribution in [1.82, 2.24) is 24.8 Å². The van der Waals surface area contributed by atoms with E-state index in [9.17, 15) is 13.2 Å². The van der Waals surface area contributed by atoms with Gasteiger partial charge >= 0.3 is 0 Å². The third-order valence-electron chi connectivity index (χ3n) is 3.41. The van der Waals surface area contributed by atoms with Crippen LogP contribution >= 0.6 is 11.3 Å². The lowest BCUT2D eigenvalue weighted by Crippen LogP contribution is -2.22. The van der Waals surface area contributed by atoms with Crippen LogP contribution < -0.4 is 10.0 Å². The largest absolute Gasteiger partial charge is 0.347 e. The SMILES string of the molecule is CNS(=O)(=O)c1ccc(CNC(=O)c2ccc(-n3cncn3)cc2)s1. The molecule has 0 aliphatic carbocycles. The Bertz CT molecular complexity index is 963. The summed E-state index contributed by atoms with van der Waals surface area (Å²) in [7, 11) is -2.09. The Morgan fingerprint density at radius 2 is 1.96 bits per heavy atom. The van der Waals surface area contributed by atoms with Gasteiger partial charge < -0.3 is 5.32 Å². The van der Waals surface area contributed by atoms with Crippen LogP contribution in [0.15, 0.2) is 53.3 Å². The molecule has 3 rings (SSSR count). The zero-order valence-corrected chi connectivity index (χ0v) is 14.8. The average Bonchev–Trinajstić information content (AvgIpc) is 3.32. The summed E-state index contributed by atoms with van der Waals surface area (Å²) < 4.78 is 27.5. The van der Waals surface area contributed by atoms with E-state index < -0.39 is 10.0 Å². The number of sulfonamides is 1. The minimum atomic E-state index is -3.45. The predicted molar refractivity (Wildman–Crippen MR) is 93.1 cm³/mol. The van der Waals surface area contributed by atoms with E-state index in [1.165, 1.54) is 19.4 Å². The first-order valence-corrected chi connectivity index (χ1v) is 9.55. The summed E-state index contributed by atoms with van der Waals surface area (Å²) in [5.41, 5.74) is 1.30. The van der Waals surface area contributed by atoms with E-state index in [0.717, 1.165) is 21.9 Å². The Morgan fingerprint density at radius 3 is 2.60 bits per heavy atom. The maximum Gasteiger partial charge on any atom is 0.251 e. The van der Waals surface area contributed by atoms with E-state index in [-0.39, 0.29) is 16.7 Å². The number of thiophene rings is 1. The lowest BCUT2D eigenvalue weighted by molar-refractivity contribution is 0.0951. The van der Waals surface area contributed by atoms with Gasteiger partial charge in [-0.2, -0.15) is 5.10 Å². The van der Waals surface area contributed by atoms with Crippen molar-refractivity contribution in [2.75, 3.05) is 7.05 Å². The number of nitrogens with one attached hydrogen (secondary N) is 2. The highest BCUT2D eigenvalue weighted by atomic mass is 32.2. The second-order valence-corrected chi connectivity index (χ2v) is 8.28. The molecular formula is C15H15N5O3S2. The molecule has 1 aromatic carbocycles. The number of hydrogen-bond acceptors (Lipinski definition) is 6. The highest BCUT2D eigenvalue weighted by molar-refractivity contribution is 7.91. The maximum atomic E-state index is 12.2. The molecule has 0 radical (unpaired) electrons. The second kappa shape index (κ2) is 7.13. The molecule has 0 bridgehead atoms. The normalized spacial score (nSPS) is 11.4. The summed E-state index contributed by atoms with van der Waals surface area (Å²) in [6, 6.07) is 10.1. The van der Waals surface area contributed by atoms with Crippen molar-refractivity contribution in [3.8, 4) is 5.69 Å². The van der Waals surface area contributed by atoms with Crippen LogP contribution in [0.2, 0.25) is 0 Å². The van der Waals surface area contributed by atoms with Crippen LogP contribution in [0.3, 0.4) is 0 Å². The van der Waals surface area contributed by atoms with Gasteiger partial charge in [-0.05, 0) is 43.4 Å². The molecule has 3 aromatic rings. The molecule has 2 heterocycles. The van der Waals surface area contributed by atoms with Crippen LogP contribution in [-0.4, -0.2) is 36.1 Å². The number of carbonyl (C=O) groups is 1. The van der Waals surface area contributed by atoms with Gasteiger partial charge in [0.05, 0.1) is 12.2 Å². The molecule has 130 valence electrons. The van der Waals surface area contributed by atoms with Gasteiger partial charge in [0.25, 0.3) is 5.91 Å². The quantitative estimate of drug-likeness (QED) is 0.671. The van der Waals surface area contributed by atoms with E-state index in [0.29, 0.717) is 5.56 Å². The molecule has 0 atom stereocenters. The van der Waals surface area contributed by atoms with Crippen molar-refractivity contribution < 1.29 is 13.2 Å². The molecule has 25 heavy (non-hydrogen) atoms. The third-order valence-corrected chi connectivity index (χ3v) is 6.40. The molecule has 1 amide bonds. The van der Waals surface area contributed by atoms with E-state index in [1.54, 1.807) is 41.3 Å². The maximum absolute atomic E-state index is 12.2. The summed E-state index contributed by atoms with van der Waals surface area (Å²) >= 11 is 1.12. The Kier molecular flexibility index (Phi) is 4.93. The lowest BCUT2D eigenvalue weighted by Gasteiger charge is -2.05. The first-order chi connectivity index (χ1) is 12.0. The molecule has 8 nitrogen and oxygen atoms in total. The number of amides is 1. The Morgan fingerprint density at radius 1 is 1.20 bits per heavy atom. The standard InChI is InChI=1S/C15H15N5O3S2/c1-16-25(22,23)14-7-6-13(24-14)8-18-15(21)11-2-4-12(5-3-11)20-10-17-9-19-20/h2-7,9-10,16H,8H2,1H3,(H,18,21). The number of aromatic nitrogens is 3. The van der Waals surface area contributed by atoms with E-state index in [2.05, 4.69) is 20.1 Å². The molecule has 2 N–H and O–H groups in total. The monoisotopic (exact) mass is 377 g/mol. The Hall–Kier alpha value is -2.56. The molecule has 0 saturated heterocycles. The minimum absolute atomic E-state index is 0.219. The highest BCUT2D eigenvalue weighted by Crippen LogP contribution is 2.21. The second-order valence-electron chi connectivity index (χ2n) is 5.00. The first-order valence-electron chi connectivity index (χ1n) is 7.25. The van der Waals surface area contributed by atoms with Gasteiger partial charge in [0.1, 0.15) is 16.9 Å². The number of nitrogens with zero attached hydrogens (tertiary/aromatic N) is 3. The van der Waals surface area contributed by atoms with Crippen molar-refractivity contribution in [1.29, 1.82) is 0 Å². The molecule has 0 aliphatic rings. The van der Waals surface area contributed by atoms with Crippen molar-refractivity contribution in [3.05, 3.63) is 59.5 Å².